The number of carbonyl (C=O) groups is 2. The van der Waals surface area contributed by atoms with E-state index in [4.69, 9.17) is 0 Å². The molecule has 110 valence electrons. The summed E-state index contributed by atoms with van der Waals surface area (Å²) in [6.45, 7) is 6.10. The maximum atomic E-state index is 12.1. The number of rotatable bonds is 5. The minimum atomic E-state index is -0.0455. The fourth-order valence-electron chi connectivity index (χ4n) is 2.16. The van der Waals surface area contributed by atoms with Gasteiger partial charge in [0, 0.05) is 17.0 Å². The molecule has 1 amide bonds. The minimum Gasteiger partial charge on any atom is -0.352 e. The van der Waals surface area contributed by atoms with Gasteiger partial charge in [-0.2, -0.15) is 0 Å². The van der Waals surface area contributed by atoms with E-state index in [-0.39, 0.29) is 11.7 Å². The van der Waals surface area contributed by atoms with Crippen LogP contribution in [0.3, 0.4) is 0 Å². The molecular formula is C17H19NO2S. The summed E-state index contributed by atoms with van der Waals surface area (Å²) in [6.07, 6.45) is 0.745. The molecule has 2 aromatic rings. The van der Waals surface area contributed by atoms with Gasteiger partial charge < -0.3 is 5.32 Å². The summed E-state index contributed by atoms with van der Waals surface area (Å²) in [5.74, 6) is 0.0430. The van der Waals surface area contributed by atoms with Gasteiger partial charge >= 0.3 is 0 Å². The Morgan fingerprint density at radius 2 is 1.90 bits per heavy atom. The summed E-state index contributed by atoms with van der Waals surface area (Å²) in [5, 5.41) is 2.93. The number of hydrogen-bond acceptors (Lipinski definition) is 3. The van der Waals surface area contributed by atoms with Crippen molar-refractivity contribution in [2.75, 3.05) is 6.54 Å². The van der Waals surface area contributed by atoms with E-state index in [1.807, 2.05) is 44.2 Å². The van der Waals surface area contributed by atoms with E-state index in [0.717, 1.165) is 32.9 Å². The molecule has 0 unspecified atom stereocenters. The van der Waals surface area contributed by atoms with Crippen molar-refractivity contribution in [1.82, 2.24) is 5.32 Å². The van der Waals surface area contributed by atoms with Crippen molar-refractivity contribution < 1.29 is 9.59 Å². The normalized spacial score (nSPS) is 10.4. The predicted octanol–water partition coefficient (Wildman–Crippen LogP) is 3.54. The molecule has 1 aromatic carbocycles. The molecule has 0 radical (unpaired) electrons. The summed E-state index contributed by atoms with van der Waals surface area (Å²) in [7, 11) is 0. The Kier molecular flexibility index (Phi) is 4.91. The molecule has 0 aliphatic heterocycles. The maximum absolute atomic E-state index is 12.1. The van der Waals surface area contributed by atoms with Gasteiger partial charge in [0.05, 0.1) is 4.88 Å². The highest BCUT2D eigenvalue weighted by atomic mass is 32.1. The van der Waals surface area contributed by atoms with Gasteiger partial charge in [0.2, 0.25) is 0 Å². The molecule has 0 fully saturated rings. The van der Waals surface area contributed by atoms with Crippen LogP contribution in [-0.2, 0) is 6.42 Å². The first-order valence-corrected chi connectivity index (χ1v) is 7.74. The largest absolute Gasteiger partial charge is 0.352 e. The van der Waals surface area contributed by atoms with E-state index in [1.54, 1.807) is 6.92 Å². The Bertz CT molecular complexity index is 673. The predicted molar refractivity (Wildman–Crippen MR) is 86.3 cm³/mol. The van der Waals surface area contributed by atoms with Gasteiger partial charge in [0.25, 0.3) is 5.91 Å². The number of amides is 1. The van der Waals surface area contributed by atoms with Gasteiger partial charge in [-0.1, -0.05) is 17.7 Å². The van der Waals surface area contributed by atoms with Crippen molar-refractivity contribution >= 4 is 23.0 Å². The molecule has 0 spiro atoms. The standard InChI is InChI=1S/C17H19NO2S/c1-11-4-6-15(12(2)10-11)17(20)18-9-8-14-5-7-16(21-14)13(3)19/h4-7,10H,8-9H2,1-3H3,(H,18,20). The summed E-state index contributed by atoms with van der Waals surface area (Å²) in [6, 6.07) is 9.60. The van der Waals surface area contributed by atoms with Gasteiger partial charge in [-0.3, -0.25) is 9.59 Å². The zero-order chi connectivity index (χ0) is 15.4. The highest BCUT2D eigenvalue weighted by Crippen LogP contribution is 2.17. The molecule has 1 heterocycles. The molecule has 4 heteroatoms. The topological polar surface area (TPSA) is 46.2 Å². The second-order valence-electron chi connectivity index (χ2n) is 5.15. The number of nitrogens with one attached hydrogen (secondary N) is 1. The Balaban J connectivity index is 1.90. The average molecular weight is 301 g/mol. The lowest BCUT2D eigenvalue weighted by Crippen LogP contribution is -2.26. The first kappa shape index (κ1) is 15.4. The van der Waals surface area contributed by atoms with Gasteiger partial charge in [-0.05, 0) is 51.0 Å². The van der Waals surface area contributed by atoms with Crippen LogP contribution in [0.1, 0.15) is 43.0 Å². The van der Waals surface area contributed by atoms with Crippen LogP contribution in [0.4, 0.5) is 0 Å². The molecule has 0 saturated heterocycles. The van der Waals surface area contributed by atoms with Gasteiger partial charge in [0.15, 0.2) is 5.78 Å². The number of ketones is 1. The average Bonchev–Trinajstić information content (AvgIpc) is 2.87. The number of thiophene rings is 1. The van der Waals surface area contributed by atoms with Crippen LogP contribution in [0.5, 0.6) is 0 Å². The lowest BCUT2D eigenvalue weighted by Gasteiger charge is -2.07. The van der Waals surface area contributed by atoms with E-state index in [0.29, 0.717) is 6.54 Å². The molecule has 1 aromatic heterocycles. The lowest BCUT2D eigenvalue weighted by atomic mass is 10.1. The van der Waals surface area contributed by atoms with E-state index in [2.05, 4.69) is 5.32 Å². The molecular weight excluding hydrogens is 282 g/mol. The third kappa shape index (κ3) is 4.02. The third-order valence-electron chi connectivity index (χ3n) is 3.29. The van der Waals surface area contributed by atoms with Crippen molar-refractivity contribution in [2.45, 2.75) is 27.2 Å². The summed E-state index contributed by atoms with van der Waals surface area (Å²) < 4.78 is 0. The summed E-state index contributed by atoms with van der Waals surface area (Å²) in [5.41, 5.74) is 2.86. The number of hydrogen-bond donors (Lipinski definition) is 1. The van der Waals surface area contributed by atoms with E-state index >= 15 is 0 Å². The highest BCUT2D eigenvalue weighted by Gasteiger charge is 2.09. The summed E-state index contributed by atoms with van der Waals surface area (Å²) >= 11 is 1.49. The van der Waals surface area contributed by atoms with Crippen LogP contribution < -0.4 is 5.32 Å². The van der Waals surface area contributed by atoms with Gasteiger partial charge in [-0.15, -0.1) is 11.3 Å². The van der Waals surface area contributed by atoms with Crippen molar-refractivity contribution in [2.24, 2.45) is 0 Å². The smallest absolute Gasteiger partial charge is 0.251 e. The van der Waals surface area contributed by atoms with Crippen LogP contribution in [0, 0.1) is 13.8 Å². The Hall–Kier alpha value is -1.94. The SMILES string of the molecule is CC(=O)c1ccc(CCNC(=O)c2ccc(C)cc2C)s1. The van der Waals surface area contributed by atoms with E-state index < -0.39 is 0 Å². The fourth-order valence-corrected chi connectivity index (χ4v) is 3.07. The van der Waals surface area contributed by atoms with Crippen molar-refractivity contribution in [1.29, 1.82) is 0 Å². The minimum absolute atomic E-state index is 0.0455. The molecule has 0 bridgehead atoms. The van der Waals surface area contributed by atoms with Crippen molar-refractivity contribution in [3.63, 3.8) is 0 Å². The molecule has 1 N–H and O–H groups in total. The van der Waals surface area contributed by atoms with Crippen LogP contribution in [0.15, 0.2) is 30.3 Å². The number of carbonyl (C=O) groups excluding carboxylic acids is 2. The zero-order valence-corrected chi connectivity index (χ0v) is 13.3. The van der Waals surface area contributed by atoms with E-state index in [9.17, 15) is 9.59 Å². The summed E-state index contributed by atoms with van der Waals surface area (Å²) in [4.78, 5) is 25.2. The highest BCUT2D eigenvalue weighted by molar-refractivity contribution is 7.14. The van der Waals surface area contributed by atoms with Crippen LogP contribution in [-0.4, -0.2) is 18.2 Å². The van der Waals surface area contributed by atoms with Crippen LogP contribution in [0.25, 0.3) is 0 Å². The first-order chi connectivity index (χ1) is 9.97. The third-order valence-corrected chi connectivity index (χ3v) is 4.54. The molecule has 2 rings (SSSR count). The molecule has 3 nitrogen and oxygen atoms in total. The number of benzene rings is 1. The Morgan fingerprint density at radius 3 is 2.52 bits per heavy atom. The fraction of sp³-hybridized carbons (Fsp3) is 0.294. The van der Waals surface area contributed by atoms with Crippen LogP contribution >= 0.6 is 11.3 Å². The van der Waals surface area contributed by atoms with Crippen molar-refractivity contribution in [3.05, 3.63) is 56.8 Å². The molecule has 0 aliphatic carbocycles. The second-order valence-corrected chi connectivity index (χ2v) is 6.31. The molecule has 21 heavy (non-hydrogen) atoms. The second kappa shape index (κ2) is 6.68. The van der Waals surface area contributed by atoms with Gasteiger partial charge in [0.1, 0.15) is 0 Å². The van der Waals surface area contributed by atoms with Crippen molar-refractivity contribution in [3.8, 4) is 0 Å². The number of Topliss-reactive ketones (excluding diaryl/α,β-unsaturated/α-hetero) is 1. The quantitative estimate of drug-likeness (QED) is 0.859. The van der Waals surface area contributed by atoms with E-state index in [1.165, 1.54) is 11.3 Å². The number of aryl methyl sites for hydroxylation is 2. The zero-order valence-electron chi connectivity index (χ0n) is 12.5. The van der Waals surface area contributed by atoms with Crippen LogP contribution in [0.2, 0.25) is 0 Å². The molecule has 0 saturated carbocycles. The van der Waals surface area contributed by atoms with Gasteiger partial charge in [-0.25, -0.2) is 0 Å². The molecule has 0 aliphatic rings. The maximum Gasteiger partial charge on any atom is 0.251 e. The lowest BCUT2D eigenvalue weighted by molar-refractivity contribution is 0.0952. The Morgan fingerprint density at radius 1 is 1.14 bits per heavy atom. The molecule has 0 atom stereocenters. The monoisotopic (exact) mass is 301 g/mol. The first-order valence-electron chi connectivity index (χ1n) is 6.92. The Labute approximate surface area is 129 Å².